The van der Waals surface area contributed by atoms with E-state index in [1.165, 1.54) is 4.68 Å². The van der Waals surface area contributed by atoms with Gasteiger partial charge in [-0.2, -0.15) is 18.3 Å². The van der Waals surface area contributed by atoms with Crippen LogP contribution in [0.15, 0.2) is 46.9 Å². The van der Waals surface area contributed by atoms with Crippen molar-refractivity contribution in [1.82, 2.24) is 9.78 Å². The number of furan rings is 1. The Morgan fingerprint density at radius 2 is 1.83 bits per heavy atom. The minimum Gasteiger partial charge on any atom is -0.453 e. The largest absolute Gasteiger partial charge is 0.453 e. The van der Waals surface area contributed by atoms with Crippen LogP contribution in [0.2, 0.25) is 0 Å². The minimum absolute atomic E-state index is 0.210. The Kier molecular flexibility index (Phi) is 3.55. The normalized spacial score (nSPS) is 11.7. The molecule has 7 heteroatoms. The molecule has 0 saturated heterocycles. The topological polar surface area (TPSA) is 48.0 Å². The fourth-order valence-corrected chi connectivity index (χ4v) is 2.21. The SMILES string of the molecule is Cc1cc(C(F)(F)F)nn1-c1ccc(-c2ccc(C=O)o2)cc1. The third kappa shape index (κ3) is 2.90. The molecule has 2 aromatic heterocycles. The van der Waals surface area contributed by atoms with Gasteiger partial charge in [-0.05, 0) is 49.4 Å². The third-order valence-electron chi connectivity index (χ3n) is 3.32. The lowest BCUT2D eigenvalue weighted by Gasteiger charge is -2.05. The maximum absolute atomic E-state index is 12.7. The van der Waals surface area contributed by atoms with Gasteiger partial charge < -0.3 is 4.42 Å². The summed E-state index contributed by atoms with van der Waals surface area (Å²) in [7, 11) is 0. The molecule has 4 nitrogen and oxygen atoms in total. The molecule has 0 atom stereocenters. The Labute approximate surface area is 129 Å². The highest BCUT2D eigenvalue weighted by Gasteiger charge is 2.34. The van der Waals surface area contributed by atoms with E-state index >= 15 is 0 Å². The number of carbonyl (C=O) groups is 1. The van der Waals surface area contributed by atoms with Gasteiger partial charge in [0.2, 0.25) is 0 Å². The van der Waals surface area contributed by atoms with E-state index in [2.05, 4.69) is 5.10 Å². The van der Waals surface area contributed by atoms with Crippen LogP contribution < -0.4 is 0 Å². The van der Waals surface area contributed by atoms with Crippen molar-refractivity contribution < 1.29 is 22.4 Å². The van der Waals surface area contributed by atoms with Crippen LogP contribution in [0.1, 0.15) is 21.9 Å². The van der Waals surface area contributed by atoms with Gasteiger partial charge >= 0.3 is 6.18 Å². The molecule has 0 saturated carbocycles. The van der Waals surface area contributed by atoms with Gasteiger partial charge in [-0.15, -0.1) is 0 Å². The number of halogens is 3. The highest BCUT2D eigenvalue weighted by molar-refractivity contribution is 5.72. The molecule has 0 aliphatic rings. The lowest BCUT2D eigenvalue weighted by molar-refractivity contribution is -0.141. The molecule has 23 heavy (non-hydrogen) atoms. The molecular formula is C16H11F3N2O2. The molecule has 0 amide bonds. The number of rotatable bonds is 3. The number of hydrogen-bond acceptors (Lipinski definition) is 3. The van der Waals surface area contributed by atoms with Crippen LogP contribution in [0.4, 0.5) is 13.2 Å². The second kappa shape index (κ2) is 5.42. The van der Waals surface area contributed by atoms with Gasteiger partial charge in [-0.1, -0.05) is 0 Å². The van der Waals surface area contributed by atoms with Crippen LogP contribution in [-0.4, -0.2) is 16.1 Å². The Hall–Kier alpha value is -2.83. The predicted octanol–water partition coefficient (Wildman–Crippen LogP) is 4.27. The number of carbonyl (C=O) groups excluding carboxylic acids is 1. The molecule has 1 aromatic carbocycles. The summed E-state index contributed by atoms with van der Waals surface area (Å²) >= 11 is 0. The van der Waals surface area contributed by atoms with Gasteiger partial charge in [0.15, 0.2) is 17.7 Å². The van der Waals surface area contributed by atoms with Crippen molar-refractivity contribution >= 4 is 6.29 Å². The average Bonchev–Trinajstić information content (AvgIpc) is 3.13. The van der Waals surface area contributed by atoms with Gasteiger partial charge in [-0.25, -0.2) is 4.68 Å². The van der Waals surface area contributed by atoms with Crippen LogP contribution in [-0.2, 0) is 6.18 Å². The number of aryl methyl sites for hydroxylation is 1. The molecule has 0 unspecified atom stereocenters. The molecular weight excluding hydrogens is 309 g/mol. The zero-order valence-corrected chi connectivity index (χ0v) is 12.0. The predicted molar refractivity (Wildman–Crippen MR) is 76.4 cm³/mol. The van der Waals surface area contributed by atoms with Crippen LogP contribution in [0.3, 0.4) is 0 Å². The van der Waals surface area contributed by atoms with Crippen molar-refractivity contribution in [3.8, 4) is 17.0 Å². The smallest absolute Gasteiger partial charge is 0.435 e. The van der Waals surface area contributed by atoms with Gasteiger partial charge in [-0.3, -0.25) is 4.79 Å². The molecule has 0 N–H and O–H groups in total. The molecule has 0 radical (unpaired) electrons. The Morgan fingerprint density at radius 1 is 1.13 bits per heavy atom. The van der Waals surface area contributed by atoms with Crippen LogP contribution in [0.5, 0.6) is 0 Å². The summed E-state index contributed by atoms with van der Waals surface area (Å²) in [6.45, 7) is 1.55. The van der Waals surface area contributed by atoms with E-state index in [4.69, 9.17) is 4.42 Å². The maximum atomic E-state index is 12.7. The summed E-state index contributed by atoms with van der Waals surface area (Å²) in [6.07, 6.45) is -3.88. The first kappa shape index (κ1) is 15.1. The fourth-order valence-electron chi connectivity index (χ4n) is 2.21. The highest BCUT2D eigenvalue weighted by atomic mass is 19.4. The zero-order chi connectivity index (χ0) is 16.6. The first-order valence-electron chi connectivity index (χ1n) is 6.68. The average molecular weight is 320 g/mol. The summed E-state index contributed by atoms with van der Waals surface area (Å²) in [4.78, 5) is 10.6. The second-order valence-electron chi connectivity index (χ2n) is 4.95. The first-order valence-corrected chi connectivity index (χ1v) is 6.68. The van der Waals surface area contributed by atoms with E-state index < -0.39 is 11.9 Å². The summed E-state index contributed by atoms with van der Waals surface area (Å²) in [5.41, 5.74) is 0.665. The van der Waals surface area contributed by atoms with E-state index in [1.807, 2.05) is 0 Å². The molecule has 0 fully saturated rings. The standard InChI is InChI=1S/C16H11F3N2O2/c1-10-8-15(16(17,18)19)20-21(10)12-4-2-11(3-5-12)14-7-6-13(9-22)23-14/h2-9H,1H3. The minimum atomic E-state index is -4.48. The van der Waals surface area contributed by atoms with Crippen molar-refractivity contribution in [1.29, 1.82) is 0 Å². The number of hydrogen-bond donors (Lipinski definition) is 0. The van der Waals surface area contributed by atoms with Crippen molar-refractivity contribution in [3.63, 3.8) is 0 Å². The van der Waals surface area contributed by atoms with Crippen molar-refractivity contribution in [2.24, 2.45) is 0 Å². The molecule has 0 aliphatic heterocycles. The van der Waals surface area contributed by atoms with E-state index in [-0.39, 0.29) is 5.76 Å². The lowest BCUT2D eigenvalue weighted by atomic mass is 10.1. The van der Waals surface area contributed by atoms with Crippen molar-refractivity contribution in [2.45, 2.75) is 13.1 Å². The molecule has 118 valence electrons. The Bertz CT molecular complexity index is 845. The van der Waals surface area contributed by atoms with Crippen LogP contribution >= 0.6 is 0 Å². The summed E-state index contributed by atoms with van der Waals surface area (Å²) in [5, 5.41) is 3.59. The number of alkyl halides is 3. The Morgan fingerprint density at radius 3 is 2.35 bits per heavy atom. The van der Waals surface area contributed by atoms with Gasteiger partial charge in [0, 0.05) is 11.3 Å². The molecule has 0 aliphatic carbocycles. The van der Waals surface area contributed by atoms with E-state index in [1.54, 1.807) is 43.3 Å². The van der Waals surface area contributed by atoms with Crippen molar-refractivity contribution in [3.05, 3.63) is 59.6 Å². The third-order valence-corrected chi connectivity index (χ3v) is 3.32. The number of aldehydes is 1. The monoisotopic (exact) mass is 320 g/mol. The van der Waals surface area contributed by atoms with E-state index in [0.29, 0.717) is 29.0 Å². The second-order valence-corrected chi connectivity index (χ2v) is 4.95. The molecule has 3 aromatic rings. The van der Waals surface area contributed by atoms with E-state index in [0.717, 1.165) is 6.07 Å². The maximum Gasteiger partial charge on any atom is 0.435 e. The molecule has 0 bridgehead atoms. The molecule has 3 rings (SSSR count). The summed E-state index contributed by atoms with van der Waals surface area (Å²) in [5.74, 6) is 0.716. The van der Waals surface area contributed by atoms with Gasteiger partial charge in [0.25, 0.3) is 0 Å². The summed E-state index contributed by atoms with van der Waals surface area (Å²) in [6, 6.07) is 10.9. The van der Waals surface area contributed by atoms with E-state index in [9.17, 15) is 18.0 Å². The number of benzene rings is 1. The van der Waals surface area contributed by atoms with Gasteiger partial charge in [0.1, 0.15) is 5.76 Å². The zero-order valence-electron chi connectivity index (χ0n) is 12.0. The fraction of sp³-hybridized carbons (Fsp3) is 0.125. The summed E-state index contributed by atoms with van der Waals surface area (Å²) < 4.78 is 44.6. The highest BCUT2D eigenvalue weighted by Crippen LogP contribution is 2.30. The first-order chi connectivity index (χ1) is 10.9. The molecule has 0 spiro atoms. The van der Waals surface area contributed by atoms with Crippen molar-refractivity contribution in [2.75, 3.05) is 0 Å². The van der Waals surface area contributed by atoms with Crippen LogP contribution in [0.25, 0.3) is 17.0 Å². The number of nitrogens with zero attached hydrogens (tertiary/aromatic N) is 2. The van der Waals surface area contributed by atoms with Gasteiger partial charge in [0.05, 0.1) is 5.69 Å². The molecule has 2 heterocycles. The van der Waals surface area contributed by atoms with Crippen LogP contribution in [0, 0.1) is 6.92 Å². The lowest BCUT2D eigenvalue weighted by Crippen LogP contribution is -2.07. The Balaban J connectivity index is 1.93. The quantitative estimate of drug-likeness (QED) is 0.677. The number of aromatic nitrogens is 2.